The SMILES string of the molecule is COC(=O)c1ccc2nc(-c3ccc(N)cc3)[nH]c2c1. The number of aromatic amines is 1. The Morgan fingerprint density at radius 2 is 1.95 bits per heavy atom. The van der Waals surface area contributed by atoms with Gasteiger partial charge in [0.15, 0.2) is 0 Å². The first-order valence-corrected chi connectivity index (χ1v) is 6.11. The van der Waals surface area contributed by atoms with E-state index in [4.69, 9.17) is 10.5 Å². The molecule has 0 atom stereocenters. The lowest BCUT2D eigenvalue weighted by atomic mass is 10.2. The standard InChI is InChI=1S/C15H13N3O2/c1-20-15(19)10-4-7-12-13(8-10)18-14(17-12)9-2-5-11(16)6-3-9/h2-8H,16H2,1H3,(H,17,18). The van der Waals surface area contributed by atoms with Crippen molar-refractivity contribution in [2.45, 2.75) is 0 Å². The summed E-state index contributed by atoms with van der Waals surface area (Å²) in [7, 11) is 1.36. The molecule has 0 aliphatic heterocycles. The van der Waals surface area contributed by atoms with Crippen molar-refractivity contribution < 1.29 is 9.53 Å². The molecule has 0 radical (unpaired) electrons. The number of esters is 1. The van der Waals surface area contributed by atoms with Crippen molar-refractivity contribution in [3.8, 4) is 11.4 Å². The molecule has 0 bridgehead atoms. The molecule has 100 valence electrons. The number of H-pyrrole nitrogens is 1. The number of carbonyl (C=O) groups is 1. The molecule has 1 heterocycles. The van der Waals surface area contributed by atoms with Gasteiger partial charge < -0.3 is 15.5 Å². The average Bonchev–Trinajstić information content (AvgIpc) is 2.90. The number of rotatable bonds is 2. The summed E-state index contributed by atoms with van der Waals surface area (Å²) >= 11 is 0. The number of benzene rings is 2. The van der Waals surface area contributed by atoms with Crippen molar-refractivity contribution in [3.05, 3.63) is 48.0 Å². The van der Waals surface area contributed by atoms with E-state index in [1.807, 2.05) is 24.3 Å². The lowest BCUT2D eigenvalue weighted by Crippen LogP contribution is -2.00. The van der Waals surface area contributed by atoms with Crippen LogP contribution >= 0.6 is 0 Å². The maximum absolute atomic E-state index is 11.5. The van der Waals surface area contributed by atoms with E-state index in [1.54, 1.807) is 18.2 Å². The quantitative estimate of drug-likeness (QED) is 0.552. The Bertz CT molecular complexity index is 775. The summed E-state index contributed by atoms with van der Waals surface area (Å²) in [5.41, 5.74) is 9.39. The van der Waals surface area contributed by atoms with Crippen LogP contribution in [0.5, 0.6) is 0 Å². The minimum absolute atomic E-state index is 0.365. The molecule has 20 heavy (non-hydrogen) atoms. The third kappa shape index (κ3) is 2.09. The van der Waals surface area contributed by atoms with Gasteiger partial charge in [-0.05, 0) is 42.5 Å². The molecule has 1 aromatic heterocycles. The Morgan fingerprint density at radius 3 is 2.65 bits per heavy atom. The number of nitrogens with one attached hydrogen (secondary N) is 1. The smallest absolute Gasteiger partial charge is 0.337 e. The van der Waals surface area contributed by atoms with Gasteiger partial charge in [-0.1, -0.05) is 0 Å². The molecular weight excluding hydrogens is 254 g/mol. The van der Waals surface area contributed by atoms with Crippen LogP contribution in [0.25, 0.3) is 22.4 Å². The van der Waals surface area contributed by atoms with E-state index in [1.165, 1.54) is 7.11 Å². The highest BCUT2D eigenvalue weighted by Crippen LogP contribution is 2.22. The van der Waals surface area contributed by atoms with Gasteiger partial charge in [0, 0.05) is 11.3 Å². The largest absolute Gasteiger partial charge is 0.465 e. The Hall–Kier alpha value is -2.82. The summed E-state index contributed by atoms with van der Waals surface area (Å²) in [6.45, 7) is 0. The zero-order chi connectivity index (χ0) is 14.1. The number of ether oxygens (including phenoxy) is 1. The van der Waals surface area contributed by atoms with Gasteiger partial charge in [0.05, 0.1) is 23.7 Å². The molecule has 0 saturated carbocycles. The topological polar surface area (TPSA) is 81.0 Å². The number of carbonyl (C=O) groups excluding carboxylic acids is 1. The summed E-state index contributed by atoms with van der Waals surface area (Å²) in [5.74, 6) is 0.373. The van der Waals surface area contributed by atoms with E-state index < -0.39 is 0 Å². The molecular formula is C15H13N3O2. The van der Waals surface area contributed by atoms with Gasteiger partial charge >= 0.3 is 5.97 Å². The highest BCUT2D eigenvalue weighted by Gasteiger charge is 2.09. The fraction of sp³-hybridized carbons (Fsp3) is 0.0667. The number of imidazole rings is 1. The normalized spacial score (nSPS) is 10.7. The van der Waals surface area contributed by atoms with Crippen molar-refractivity contribution in [2.75, 3.05) is 12.8 Å². The highest BCUT2D eigenvalue weighted by molar-refractivity contribution is 5.94. The molecule has 3 aromatic rings. The third-order valence-electron chi connectivity index (χ3n) is 3.09. The first kappa shape index (κ1) is 12.2. The maximum Gasteiger partial charge on any atom is 0.337 e. The summed E-state index contributed by atoms with van der Waals surface area (Å²) in [4.78, 5) is 19.2. The van der Waals surface area contributed by atoms with Gasteiger partial charge in [-0.3, -0.25) is 0 Å². The number of nitrogens with two attached hydrogens (primary N) is 1. The van der Waals surface area contributed by atoms with E-state index >= 15 is 0 Å². The van der Waals surface area contributed by atoms with E-state index in [9.17, 15) is 4.79 Å². The second-order valence-corrected chi connectivity index (χ2v) is 4.43. The van der Waals surface area contributed by atoms with Crippen LogP contribution < -0.4 is 5.73 Å². The predicted molar refractivity (Wildman–Crippen MR) is 77.3 cm³/mol. The first-order chi connectivity index (χ1) is 9.67. The highest BCUT2D eigenvalue weighted by atomic mass is 16.5. The number of hydrogen-bond donors (Lipinski definition) is 2. The van der Waals surface area contributed by atoms with Crippen molar-refractivity contribution in [2.24, 2.45) is 0 Å². The Labute approximate surface area is 115 Å². The van der Waals surface area contributed by atoms with E-state index in [2.05, 4.69) is 9.97 Å². The number of fused-ring (bicyclic) bond motifs is 1. The van der Waals surface area contributed by atoms with Crippen LogP contribution in [0.1, 0.15) is 10.4 Å². The van der Waals surface area contributed by atoms with Gasteiger partial charge in [-0.15, -0.1) is 0 Å². The van der Waals surface area contributed by atoms with E-state index in [0.29, 0.717) is 11.3 Å². The monoisotopic (exact) mass is 267 g/mol. The number of nitrogens with zero attached hydrogens (tertiary/aromatic N) is 1. The Morgan fingerprint density at radius 1 is 1.20 bits per heavy atom. The van der Waals surface area contributed by atoms with Crippen molar-refractivity contribution >= 4 is 22.7 Å². The van der Waals surface area contributed by atoms with Crippen LogP contribution in [0.15, 0.2) is 42.5 Å². The number of aromatic nitrogens is 2. The predicted octanol–water partition coefficient (Wildman–Crippen LogP) is 2.60. The fourth-order valence-corrected chi connectivity index (χ4v) is 2.03. The lowest BCUT2D eigenvalue weighted by Gasteiger charge is -1.97. The van der Waals surface area contributed by atoms with E-state index in [0.717, 1.165) is 22.4 Å². The summed E-state index contributed by atoms with van der Waals surface area (Å²) in [5, 5.41) is 0. The second kappa shape index (κ2) is 4.70. The number of nitrogen functional groups attached to an aromatic ring is 1. The van der Waals surface area contributed by atoms with Crippen LogP contribution in [-0.2, 0) is 4.74 Å². The second-order valence-electron chi connectivity index (χ2n) is 4.43. The number of methoxy groups -OCH3 is 1. The van der Waals surface area contributed by atoms with Gasteiger partial charge in [0.1, 0.15) is 5.82 Å². The summed E-state index contributed by atoms with van der Waals surface area (Å²) in [6, 6.07) is 12.7. The van der Waals surface area contributed by atoms with E-state index in [-0.39, 0.29) is 5.97 Å². The molecule has 2 aromatic carbocycles. The molecule has 0 spiro atoms. The van der Waals surface area contributed by atoms with Gasteiger partial charge in [-0.2, -0.15) is 0 Å². The number of hydrogen-bond acceptors (Lipinski definition) is 4. The van der Waals surface area contributed by atoms with Crippen molar-refractivity contribution in [3.63, 3.8) is 0 Å². The zero-order valence-electron chi connectivity index (χ0n) is 10.9. The average molecular weight is 267 g/mol. The molecule has 5 heteroatoms. The maximum atomic E-state index is 11.5. The molecule has 3 rings (SSSR count). The molecule has 0 amide bonds. The van der Waals surface area contributed by atoms with Gasteiger partial charge in [0.25, 0.3) is 0 Å². The molecule has 5 nitrogen and oxygen atoms in total. The van der Waals surface area contributed by atoms with Crippen LogP contribution in [0.4, 0.5) is 5.69 Å². The fourth-order valence-electron chi connectivity index (χ4n) is 2.03. The zero-order valence-corrected chi connectivity index (χ0v) is 10.9. The summed E-state index contributed by atoms with van der Waals surface area (Å²) in [6.07, 6.45) is 0. The lowest BCUT2D eigenvalue weighted by molar-refractivity contribution is 0.0601. The third-order valence-corrected chi connectivity index (χ3v) is 3.09. The molecule has 0 saturated heterocycles. The minimum atomic E-state index is -0.365. The van der Waals surface area contributed by atoms with Crippen molar-refractivity contribution in [1.29, 1.82) is 0 Å². The van der Waals surface area contributed by atoms with Crippen molar-refractivity contribution in [1.82, 2.24) is 9.97 Å². The summed E-state index contributed by atoms with van der Waals surface area (Å²) < 4.78 is 4.70. The molecule has 0 fully saturated rings. The molecule has 3 N–H and O–H groups in total. The molecule has 0 aliphatic carbocycles. The van der Waals surface area contributed by atoms with Crippen LogP contribution in [0.2, 0.25) is 0 Å². The van der Waals surface area contributed by atoms with Gasteiger partial charge in [-0.25, -0.2) is 9.78 Å². The van der Waals surface area contributed by atoms with Crippen LogP contribution in [0, 0.1) is 0 Å². The Balaban J connectivity index is 2.06. The van der Waals surface area contributed by atoms with Crippen LogP contribution in [0.3, 0.4) is 0 Å². The number of anilines is 1. The Kier molecular flexibility index (Phi) is 2.87. The first-order valence-electron chi connectivity index (χ1n) is 6.11. The van der Waals surface area contributed by atoms with Crippen LogP contribution in [-0.4, -0.2) is 23.0 Å². The molecule has 0 unspecified atom stereocenters. The molecule has 0 aliphatic rings. The van der Waals surface area contributed by atoms with Gasteiger partial charge in [0.2, 0.25) is 0 Å². The minimum Gasteiger partial charge on any atom is -0.465 e.